The Bertz CT molecular complexity index is 455. The number of rotatable bonds is 5. The molecule has 2 N–H and O–H groups in total. The Balaban J connectivity index is 2.65. The van der Waals surface area contributed by atoms with E-state index in [1.54, 1.807) is 6.20 Å². The van der Waals surface area contributed by atoms with Crippen LogP contribution in [-0.4, -0.2) is 19.9 Å². The Morgan fingerprint density at radius 1 is 1.25 bits per heavy atom. The Labute approximate surface area is 132 Å². The van der Waals surface area contributed by atoms with Gasteiger partial charge in [-0.1, -0.05) is 20.8 Å². The molecule has 0 unspecified atom stereocenters. The maximum atomic E-state index is 6.42. The maximum Gasteiger partial charge on any atom is 0.191 e. The predicted octanol–water partition coefficient (Wildman–Crippen LogP) is 4.43. The van der Waals surface area contributed by atoms with Gasteiger partial charge in [0.25, 0.3) is 0 Å². The van der Waals surface area contributed by atoms with Crippen LogP contribution in [0.3, 0.4) is 0 Å². The molecule has 0 amide bonds. The minimum atomic E-state index is -1.70. The summed E-state index contributed by atoms with van der Waals surface area (Å²) in [6.07, 6.45) is 4.39. The van der Waals surface area contributed by atoms with Crippen molar-refractivity contribution in [2.45, 2.75) is 57.8 Å². The van der Waals surface area contributed by atoms with Crippen LogP contribution in [0.25, 0.3) is 0 Å². The summed E-state index contributed by atoms with van der Waals surface area (Å²) in [5.74, 6) is 0. The molecular formula is C15H27BrN2OSi. The van der Waals surface area contributed by atoms with E-state index in [0.717, 1.165) is 16.5 Å². The third-order valence-electron chi connectivity index (χ3n) is 4.25. The van der Waals surface area contributed by atoms with Crippen LogP contribution in [0.1, 0.15) is 39.7 Å². The van der Waals surface area contributed by atoms with Crippen LogP contribution in [0.2, 0.25) is 18.1 Å². The summed E-state index contributed by atoms with van der Waals surface area (Å²) < 4.78 is 7.16. The van der Waals surface area contributed by atoms with E-state index < -0.39 is 13.9 Å². The topological polar surface area (TPSA) is 48.1 Å². The fourth-order valence-corrected chi connectivity index (χ4v) is 3.01. The van der Waals surface area contributed by atoms with Crippen LogP contribution >= 0.6 is 15.9 Å². The van der Waals surface area contributed by atoms with E-state index in [9.17, 15) is 0 Å². The highest BCUT2D eigenvalue weighted by Gasteiger charge is 2.37. The minimum Gasteiger partial charge on any atom is -0.417 e. The van der Waals surface area contributed by atoms with Crippen molar-refractivity contribution in [1.29, 1.82) is 0 Å². The van der Waals surface area contributed by atoms with Crippen molar-refractivity contribution in [1.82, 2.24) is 4.98 Å². The van der Waals surface area contributed by atoms with Crippen LogP contribution in [-0.2, 0) is 9.96 Å². The van der Waals surface area contributed by atoms with Gasteiger partial charge in [-0.05, 0) is 59.0 Å². The summed E-state index contributed by atoms with van der Waals surface area (Å²) in [7, 11) is -1.70. The van der Waals surface area contributed by atoms with Gasteiger partial charge in [-0.3, -0.25) is 4.98 Å². The van der Waals surface area contributed by atoms with Gasteiger partial charge in [-0.15, -0.1) is 0 Å². The SMILES string of the molecule is CC(C)(C)[Si](C)(C)OCC[C@](C)(N)c1cncc(Br)c1. The van der Waals surface area contributed by atoms with Gasteiger partial charge >= 0.3 is 0 Å². The Kier molecular flexibility index (Phi) is 5.58. The fraction of sp³-hybridized carbons (Fsp3) is 0.667. The lowest BCUT2D eigenvalue weighted by atomic mass is 9.92. The first-order chi connectivity index (χ1) is 8.96. The molecule has 0 aliphatic heterocycles. The molecule has 0 radical (unpaired) electrons. The van der Waals surface area contributed by atoms with Gasteiger partial charge in [0.05, 0.1) is 0 Å². The van der Waals surface area contributed by atoms with Crippen LogP contribution in [0.4, 0.5) is 0 Å². The number of hydrogen-bond donors (Lipinski definition) is 1. The highest BCUT2D eigenvalue weighted by molar-refractivity contribution is 9.10. The summed E-state index contributed by atoms with van der Waals surface area (Å²) in [4.78, 5) is 4.19. The van der Waals surface area contributed by atoms with Crippen LogP contribution < -0.4 is 5.73 Å². The van der Waals surface area contributed by atoms with Gasteiger partial charge in [0, 0.05) is 29.0 Å². The second-order valence-corrected chi connectivity index (χ2v) is 12.9. The van der Waals surface area contributed by atoms with E-state index in [2.05, 4.69) is 54.8 Å². The second kappa shape index (κ2) is 6.26. The summed E-state index contributed by atoms with van der Waals surface area (Å²) in [5, 5.41) is 0.231. The first kappa shape index (κ1) is 17.8. The molecule has 114 valence electrons. The average Bonchev–Trinajstić information content (AvgIpc) is 2.26. The quantitative estimate of drug-likeness (QED) is 0.791. The standard InChI is InChI=1S/C15H27BrN2OSi/c1-14(2,3)20(5,6)19-8-7-15(4,17)12-9-13(16)11-18-10-12/h9-11H,7-8,17H2,1-6H3/t15-/m0/s1. The summed E-state index contributed by atoms with van der Waals surface area (Å²) in [6, 6.07) is 2.03. The van der Waals surface area contributed by atoms with Crippen LogP contribution in [0.5, 0.6) is 0 Å². The Morgan fingerprint density at radius 2 is 1.85 bits per heavy atom. The average molecular weight is 359 g/mol. The second-order valence-electron chi connectivity index (χ2n) is 7.17. The maximum absolute atomic E-state index is 6.42. The first-order valence-electron chi connectivity index (χ1n) is 7.00. The molecule has 1 rings (SSSR count). The lowest BCUT2D eigenvalue weighted by molar-refractivity contribution is 0.246. The third-order valence-corrected chi connectivity index (χ3v) is 9.23. The zero-order valence-corrected chi connectivity index (χ0v) is 16.0. The Hall–Kier alpha value is -0.233. The molecule has 0 spiro atoms. The molecule has 0 saturated carbocycles. The third kappa shape index (κ3) is 4.65. The monoisotopic (exact) mass is 358 g/mol. The summed E-state index contributed by atoms with van der Waals surface area (Å²) in [5.41, 5.74) is 7.04. The largest absolute Gasteiger partial charge is 0.417 e. The van der Waals surface area contributed by atoms with E-state index >= 15 is 0 Å². The van der Waals surface area contributed by atoms with Crippen molar-refractivity contribution in [2.24, 2.45) is 5.73 Å². The number of hydrogen-bond acceptors (Lipinski definition) is 3. The van der Waals surface area contributed by atoms with Gasteiger partial charge < -0.3 is 10.2 Å². The molecule has 3 nitrogen and oxygen atoms in total. The number of pyridine rings is 1. The molecule has 0 saturated heterocycles. The van der Waals surface area contributed by atoms with Crippen LogP contribution in [0.15, 0.2) is 22.9 Å². The lowest BCUT2D eigenvalue weighted by Gasteiger charge is -2.37. The lowest BCUT2D eigenvalue weighted by Crippen LogP contribution is -2.43. The summed E-state index contributed by atoms with van der Waals surface area (Å²) in [6.45, 7) is 14.0. The van der Waals surface area contributed by atoms with E-state index in [4.69, 9.17) is 10.2 Å². The number of aromatic nitrogens is 1. The van der Waals surface area contributed by atoms with Crippen molar-refractivity contribution in [3.8, 4) is 0 Å². The number of nitrogens with zero attached hydrogens (tertiary/aromatic N) is 1. The smallest absolute Gasteiger partial charge is 0.191 e. The molecule has 5 heteroatoms. The van der Waals surface area contributed by atoms with Gasteiger partial charge in [-0.2, -0.15) is 0 Å². The van der Waals surface area contributed by atoms with Gasteiger partial charge in [0.1, 0.15) is 0 Å². The fourth-order valence-electron chi connectivity index (χ4n) is 1.60. The zero-order chi connectivity index (χ0) is 15.6. The summed E-state index contributed by atoms with van der Waals surface area (Å²) >= 11 is 3.44. The highest BCUT2D eigenvalue weighted by Crippen LogP contribution is 2.37. The van der Waals surface area contributed by atoms with Crippen molar-refractivity contribution >= 4 is 24.2 Å². The van der Waals surface area contributed by atoms with Crippen molar-refractivity contribution in [3.05, 3.63) is 28.5 Å². The molecule has 20 heavy (non-hydrogen) atoms. The van der Waals surface area contributed by atoms with E-state index in [1.165, 1.54) is 0 Å². The molecule has 0 bridgehead atoms. The highest BCUT2D eigenvalue weighted by atomic mass is 79.9. The van der Waals surface area contributed by atoms with Gasteiger partial charge in [0.15, 0.2) is 8.32 Å². The van der Waals surface area contributed by atoms with E-state index in [1.807, 2.05) is 19.2 Å². The van der Waals surface area contributed by atoms with Gasteiger partial charge in [0.2, 0.25) is 0 Å². The van der Waals surface area contributed by atoms with Crippen LogP contribution in [0, 0.1) is 0 Å². The molecule has 1 atom stereocenters. The number of halogens is 1. The molecule has 1 heterocycles. The predicted molar refractivity (Wildman–Crippen MR) is 91.2 cm³/mol. The number of nitrogens with two attached hydrogens (primary N) is 1. The molecule has 0 aromatic carbocycles. The molecule has 0 fully saturated rings. The molecule has 0 aliphatic rings. The minimum absolute atomic E-state index is 0.231. The van der Waals surface area contributed by atoms with E-state index in [-0.39, 0.29) is 5.04 Å². The first-order valence-corrected chi connectivity index (χ1v) is 10.7. The van der Waals surface area contributed by atoms with Gasteiger partial charge in [-0.25, -0.2) is 0 Å². The van der Waals surface area contributed by atoms with Crippen molar-refractivity contribution < 1.29 is 4.43 Å². The van der Waals surface area contributed by atoms with Crippen molar-refractivity contribution in [3.63, 3.8) is 0 Å². The normalized spacial score (nSPS) is 16.0. The van der Waals surface area contributed by atoms with Crippen molar-refractivity contribution in [2.75, 3.05) is 6.61 Å². The van der Waals surface area contributed by atoms with E-state index in [0.29, 0.717) is 6.61 Å². The zero-order valence-electron chi connectivity index (χ0n) is 13.5. The molecular weight excluding hydrogens is 332 g/mol. The Morgan fingerprint density at radius 3 is 2.35 bits per heavy atom. The molecule has 1 aromatic rings. The molecule has 0 aliphatic carbocycles. The molecule has 1 aromatic heterocycles.